The van der Waals surface area contributed by atoms with Crippen LogP contribution >= 0.6 is 11.6 Å². The number of nitro benzene ring substituents is 1. The maximum Gasteiger partial charge on any atom is 0.281 e. The molecule has 0 aliphatic heterocycles. The molecule has 1 heterocycles. The largest absolute Gasteiger partial charge is 0.456 e. The van der Waals surface area contributed by atoms with Crippen molar-refractivity contribution in [3.8, 4) is 11.3 Å². The zero-order valence-electron chi connectivity index (χ0n) is 13.4. The van der Waals surface area contributed by atoms with Gasteiger partial charge in [0.05, 0.1) is 10.5 Å². The Kier molecular flexibility index (Phi) is 3.93. The molecule has 0 saturated heterocycles. The summed E-state index contributed by atoms with van der Waals surface area (Å²) in [6, 6.07) is 15.2. The fourth-order valence-electron chi connectivity index (χ4n) is 3.08. The molecule has 0 bridgehead atoms. The number of nitrogens with zero attached hydrogens (tertiary/aromatic N) is 1. The van der Waals surface area contributed by atoms with E-state index in [2.05, 4.69) is 0 Å². The summed E-state index contributed by atoms with van der Waals surface area (Å²) in [6.45, 7) is 0. The lowest BCUT2D eigenvalue weighted by Crippen LogP contribution is -1.94. The van der Waals surface area contributed by atoms with E-state index in [9.17, 15) is 14.9 Å². The van der Waals surface area contributed by atoms with E-state index in [1.165, 1.54) is 6.07 Å². The van der Waals surface area contributed by atoms with Gasteiger partial charge in [0.1, 0.15) is 11.5 Å². The van der Waals surface area contributed by atoms with Crippen LogP contribution in [0.25, 0.3) is 17.4 Å². The highest BCUT2D eigenvalue weighted by Gasteiger charge is 2.25. The van der Waals surface area contributed by atoms with Gasteiger partial charge in [0, 0.05) is 28.6 Å². The number of allylic oxidation sites excluding steroid dienone is 1. The zero-order valence-corrected chi connectivity index (χ0v) is 14.2. The number of furan rings is 1. The van der Waals surface area contributed by atoms with Gasteiger partial charge in [-0.25, -0.2) is 0 Å². The Morgan fingerprint density at radius 2 is 1.88 bits per heavy atom. The number of halogens is 1. The van der Waals surface area contributed by atoms with E-state index in [0.29, 0.717) is 34.6 Å². The minimum absolute atomic E-state index is 0.0176. The van der Waals surface area contributed by atoms with E-state index in [-0.39, 0.29) is 16.5 Å². The number of nitro groups is 1. The van der Waals surface area contributed by atoms with Crippen molar-refractivity contribution in [2.45, 2.75) is 6.42 Å². The molecule has 0 atom stereocenters. The number of rotatable bonds is 3. The molecule has 0 N–H and O–H groups in total. The van der Waals surface area contributed by atoms with Gasteiger partial charge < -0.3 is 4.42 Å². The molecule has 1 aromatic heterocycles. The van der Waals surface area contributed by atoms with Crippen molar-refractivity contribution in [2.75, 3.05) is 0 Å². The number of hydrogen-bond donors (Lipinski definition) is 0. The predicted octanol–water partition coefficient (Wildman–Crippen LogP) is 5.33. The number of fused-ring (bicyclic) bond motifs is 1. The Bertz CT molecular complexity index is 1080. The summed E-state index contributed by atoms with van der Waals surface area (Å²) >= 11 is 5.85. The van der Waals surface area contributed by atoms with Gasteiger partial charge in [-0.2, -0.15) is 0 Å². The molecule has 26 heavy (non-hydrogen) atoms. The van der Waals surface area contributed by atoms with Crippen LogP contribution in [0.5, 0.6) is 0 Å². The summed E-state index contributed by atoms with van der Waals surface area (Å²) in [5.41, 5.74) is 2.54. The van der Waals surface area contributed by atoms with Crippen molar-refractivity contribution >= 4 is 29.1 Å². The Morgan fingerprint density at radius 3 is 2.65 bits per heavy atom. The first kappa shape index (κ1) is 16.3. The van der Waals surface area contributed by atoms with Crippen LogP contribution < -0.4 is 0 Å². The lowest BCUT2D eigenvalue weighted by Gasteiger charge is -2.00. The topological polar surface area (TPSA) is 73.3 Å². The van der Waals surface area contributed by atoms with Gasteiger partial charge in [-0.15, -0.1) is 0 Å². The number of hydrogen-bond acceptors (Lipinski definition) is 4. The zero-order chi connectivity index (χ0) is 18.3. The molecule has 128 valence electrons. The molecule has 0 unspecified atom stereocenters. The molecule has 3 aromatic rings. The number of Topliss-reactive ketones (excluding diaryl/α,β-unsaturated/α-hetero) is 1. The van der Waals surface area contributed by atoms with Gasteiger partial charge >= 0.3 is 0 Å². The fourth-order valence-corrected chi connectivity index (χ4v) is 3.25. The summed E-state index contributed by atoms with van der Waals surface area (Å²) in [5, 5.41) is 11.5. The maximum atomic E-state index is 12.4. The van der Waals surface area contributed by atoms with Crippen molar-refractivity contribution in [3.05, 3.63) is 92.2 Å². The molecule has 0 radical (unpaired) electrons. The van der Waals surface area contributed by atoms with Crippen LogP contribution in [0.1, 0.15) is 21.7 Å². The van der Waals surface area contributed by atoms with Gasteiger partial charge in [-0.1, -0.05) is 35.9 Å². The lowest BCUT2D eigenvalue weighted by atomic mass is 10.1. The van der Waals surface area contributed by atoms with Gasteiger partial charge in [-0.05, 0) is 35.9 Å². The molecule has 4 rings (SSSR count). The van der Waals surface area contributed by atoms with E-state index >= 15 is 0 Å². The molecule has 1 aliphatic carbocycles. The predicted molar refractivity (Wildman–Crippen MR) is 98.3 cm³/mol. The van der Waals surface area contributed by atoms with Crippen molar-refractivity contribution in [1.82, 2.24) is 0 Å². The third-order valence-electron chi connectivity index (χ3n) is 4.30. The summed E-state index contributed by atoms with van der Waals surface area (Å²) < 4.78 is 5.73. The molecule has 0 spiro atoms. The fraction of sp³-hybridized carbons (Fsp3) is 0.0500. The first-order valence-electron chi connectivity index (χ1n) is 7.90. The van der Waals surface area contributed by atoms with Crippen LogP contribution in [0.2, 0.25) is 5.02 Å². The van der Waals surface area contributed by atoms with E-state index in [4.69, 9.17) is 16.0 Å². The van der Waals surface area contributed by atoms with Crippen LogP contribution in [0.4, 0.5) is 5.69 Å². The third-order valence-corrected chi connectivity index (χ3v) is 4.53. The quantitative estimate of drug-likeness (QED) is 0.357. The molecular weight excluding hydrogens is 354 g/mol. The van der Waals surface area contributed by atoms with E-state index < -0.39 is 4.92 Å². The summed E-state index contributed by atoms with van der Waals surface area (Å²) in [4.78, 5) is 23.2. The Morgan fingerprint density at radius 1 is 1.08 bits per heavy atom. The normalized spacial score (nSPS) is 14.7. The highest BCUT2D eigenvalue weighted by Crippen LogP contribution is 2.34. The molecule has 5 nitrogen and oxygen atoms in total. The van der Waals surface area contributed by atoms with Gasteiger partial charge in [-0.3, -0.25) is 14.9 Å². The van der Waals surface area contributed by atoms with Crippen molar-refractivity contribution in [3.63, 3.8) is 0 Å². The van der Waals surface area contributed by atoms with Crippen molar-refractivity contribution < 1.29 is 14.1 Å². The molecule has 0 fully saturated rings. The monoisotopic (exact) mass is 365 g/mol. The highest BCUT2D eigenvalue weighted by molar-refractivity contribution is 6.30. The molecular formula is C20H12ClNO4. The first-order valence-corrected chi connectivity index (χ1v) is 8.28. The van der Waals surface area contributed by atoms with E-state index in [0.717, 1.165) is 5.56 Å². The molecule has 0 amide bonds. The number of carbonyl (C=O) groups excluding carboxylic acids is 1. The van der Waals surface area contributed by atoms with Crippen LogP contribution in [-0.2, 0) is 6.42 Å². The number of ketones is 1. The Balaban J connectivity index is 1.69. The van der Waals surface area contributed by atoms with Crippen LogP contribution in [-0.4, -0.2) is 10.7 Å². The first-order chi connectivity index (χ1) is 12.5. The Labute approximate surface area is 153 Å². The van der Waals surface area contributed by atoms with Crippen molar-refractivity contribution in [1.29, 1.82) is 0 Å². The maximum absolute atomic E-state index is 12.4. The van der Waals surface area contributed by atoms with Gasteiger partial charge in [0.2, 0.25) is 0 Å². The average Bonchev–Trinajstić information content (AvgIpc) is 3.21. The molecule has 0 saturated carbocycles. The average molecular weight is 366 g/mol. The van der Waals surface area contributed by atoms with Gasteiger partial charge in [0.25, 0.3) is 5.69 Å². The second-order valence-corrected chi connectivity index (χ2v) is 6.39. The van der Waals surface area contributed by atoms with Crippen molar-refractivity contribution in [2.24, 2.45) is 0 Å². The van der Waals surface area contributed by atoms with E-state index in [1.54, 1.807) is 30.3 Å². The standard InChI is InChI=1S/C20H12ClNO4/c21-14-5-7-17(18(11-14)22(24)25)19-8-6-15(26-19)10-13-9-12-3-1-2-4-16(12)20(13)23/h1-8,10-11H,9H2. The smallest absolute Gasteiger partial charge is 0.281 e. The molecule has 2 aromatic carbocycles. The van der Waals surface area contributed by atoms with Crippen LogP contribution in [0, 0.1) is 10.1 Å². The minimum atomic E-state index is -0.501. The lowest BCUT2D eigenvalue weighted by molar-refractivity contribution is -0.384. The molecule has 1 aliphatic rings. The number of benzene rings is 2. The molecule has 6 heteroatoms. The second-order valence-electron chi connectivity index (χ2n) is 5.95. The minimum Gasteiger partial charge on any atom is -0.456 e. The van der Waals surface area contributed by atoms with E-state index in [1.807, 2.05) is 24.3 Å². The highest BCUT2D eigenvalue weighted by atomic mass is 35.5. The summed E-state index contributed by atoms with van der Waals surface area (Å²) in [7, 11) is 0. The van der Waals surface area contributed by atoms with Crippen LogP contribution in [0.3, 0.4) is 0 Å². The SMILES string of the molecule is O=C1C(=Cc2ccc(-c3ccc(Cl)cc3[N+](=O)[O-])o2)Cc2ccccc21. The Hall–Kier alpha value is -3.18. The third kappa shape index (κ3) is 2.82. The summed E-state index contributed by atoms with van der Waals surface area (Å²) in [6.07, 6.45) is 2.24. The van der Waals surface area contributed by atoms with Gasteiger partial charge in [0.15, 0.2) is 5.78 Å². The number of carbonyl (C=O) groups is 1. The summed E-state index contributed by atoms with van der Waals surface area (Å²) in [5.74, 6) is 0.805. The second kappa shape index (κ2) is 6.28. The van der Waals surface area contributed by atoms with Crippen LogP contribution in [0.15, 0.2) is 64.6 Å².